The molecule has 0 saturated heterocycles. The van der Waals surface area contributed by atoms with Gasteiger partial charge in [0.1, 0.15) is 0 Å². The topological polar surface area (TPSA) is 50.8 Å². The third-order valence-corrected chi connectivity index (χ3v) is 5.12. The van der Waals surface area contributed by atoms with Crippen molar-refractivity contribution in [3.05, 3.63) is 37.0 Å². The van der Waals surface area contributed by atoms with Crippen LogP contribution in [0.5, 0.6) is 0 Å². The van der Waals surface area contributed by atoms with E-state index >= 15 is 0 Å². The van der Waals surface area contributed by atoms with Crippen molar-refractivity contribution in [3.63, 3.8) is 0 Å². The van der Waals surface area contributed by atoms with E-state index in [0.29, 0.717) is 18.6 Å². The molecule has 0 aliphatic heterocycles. The maximum Gasteiger partial charge on any atom is 0.333 e. The van der Waals surface area contributed by atoms with Gasteiger partial charge in [0.05, 0.1) is 24.9 Å². The predicted molar refractivity (Wildman–Crippen MR) is 121 cm³/mol. The normalized spacial score (nSPS) is 22.5. The van der Waals surface area contributed by atoms with Crippen LogP contribution in [0.4, 0.5) is 0 Å². The summed E-state index contributed by atoms with van der Waals surface area (Å²) in [5.41, 5.74) is 0.589. The molecule has 1 rings (SSSR count). The number of ether oxygens (including phenoxy) is 2. The molecule has 0 amide bonds. The van der Waals surface area contributed by atoms with Gasteiger partial charge in [-0.05, 0) is 53.0 Å². The predicted octanol–water partition coefficient (Wildman–Crippen LogP) is 4.25. The summed E-state index contributed by atoms with van der Waals surface area (Å²) < 4.78 is 11.9. The minimum absolute atomic E-state index is 0.0404. The quantitative estimate of drug-likeness (QED) is 0.388. The van der Waals surface area contributed by atoms with E-state index in [2.05, 4.69) is 58.0 Å². The molecule has 166 valence electrons. The first-order valence-electron chi connectivity index (χ1n) is 11.0. The van der Waals surface area contributed by atoms with Crippen molar-refractivity contribution >= 4 is 5.97 Å². The minimum atomic E-state index is -0.246. The van der Waals surface area contributed by atoms with Crippen molar-refractivity contribution in [1.82, 2.24) is 10.2 Å². The Bertz CT molecular complexity index is 551. The fourth-order valence-electron chi connectivity index (χ4n) is 3.95. The Labute approximate surface area is 178 Å². The first-order chi connectivity index (χ1) is 13.7. The standard InChI is InChI=1S/C24H42N2O3/c1-9-14-26(15-10-2)22-20(25-24(6,7)8)16-18(23(27)28-13-5)17-21(22)29-19(11-3)12-4/h9-10,17,19-22,25H,1-2,11-16H2,3-8H3/t20-,21+,22+/m0/s1. The van der Waals surface area contributed by atoms with E-state index in [0.717, 1.165) is 25.9 Å². The number of carbonyl (C=O) groups is 1. The van der Waals surface area contributed by atoms with Crippen LogP contribution in [0.2, 0.25) is 0 Å². The van der Waals surface area contributed by atoms with Crippen molar-refractivity contribution in [2.75, 3.05) is 19.7 Å². The SMILES string of the molecule is C=CCN(CC=C)[C@@H]1[C@@H](NC(C)(C)C)CC(C(=O)OCC)=C[C@H]1OC(CC)CC. The molecule has 5 heteroatoms. The van der Waals surface area contributed by atoms with Crippen LogP contribution in [0.25, 0.3) is 0 Å². The molecule has 0 heterocycles. The number of rotatable bonds is 12. The summed E-state index contributed by atoms with van der Waals surface area (Å²) in [6.45, 7) is 22.2. The molecule has 0 saturated carbocycles. The number of nitrogens with zero attached hydrogens (tertiary/aromatic N) is 1. The molecule has 1 aliphatic carbocycles. The molecule has 3 atom stereocenters. The lowest BCUT2D eigenvalue weighted by atomic mass is 9.85. The zero-order valence-corrected chi connectivity index (χ0v) is 19.4. The van der Waals surface area contributed by atoms with Crippen LogP contribution in [0.1, 0.15) is 60.8 Å². The van der Waals surface area contributed by atoms with Gasteiger partial charge in [-0.15, -0.1) is 13.2 Å². The number of hydrogen-bond donors (Lipinski definition) is 1. The molecule has 0 bridgehead atoms. The van der Waals surface area contributed by atoms with Crippen molar-refractivity contribution in [3.8, 4) is 0 Å². The van der Waals surface area contributed by atoms with Gasteiger partial charge in [-0.2, -0.15) is 0 Å². The Hall–Kier alpha value is -1.43. The smallest absolute Gasteiger partial charge is 0.333 e. The monoisotopic (exact) mass is 406 g/mol. The molecule has 0 fully saturated rings. The van der Waals surface area contributed by atoms with E-state index in [1.165, 1.54) is 0 Å². The summed E-state index contributed by atoms with van der Waals surface area (Å²) in [7, 11) is 0. The Morgan fingerprint density at radius 3 is 2.28 bits per heavy atom. The van der Waals surface area contributed by atoms with Crippen molar-refractivity contribution in [1.29, 1.82) is 0 Å². The maximum absolute atomic E-state index is 12.6. The second-order valence-electron chi connectivity index (χ2n) is 8.68. The average Bonchev–Trinajstić information content (AvgIpc) is 2.64. The summed E-state index contributed by atoms with van der Waals surface area (Å²) in [6, 6.07) is 0.0997. The molecular formula is C24H42N2O3. The Morgan fingerprint density at radius 1 is 1.24 bits per heavy atom. The van der Waals surface area contributed by atoms with E-state index in [1.807, 2.05) is 25.2 Å². The number of esters is 1. The highest BCUT2D eigenvalue weighted by Gasteiger charge is 2.41. The van der Waals surface area contributed by atoms with Crippen LogP contribution in [-0.2, 0) is 14.3 Å². The lowest BCUT2D eigenvalue weighted by Crippen LogP contribution is -2.62. The van der Waals surface area contributed by atoms with Crippen LogP contribution in [0.15, 0.2) is 37.0 Å². The molecular weight excluding hydrogens is 364 g/mol. The molecule has 0 aromatic carbocycles. The van der Waals surface area contributed by atoms with Crippen molar-refractivity contribution in [2.24, 2.45) is 0 Å². The van der Waals surface area contributed by atoms with Gasteiger partial charge in [0.25, 0.3) is 0 Å². The van der Waals surface area contributed by atoms with E-state index < -0.39 is 0 Å². The largest absolute Gasteiger partial charge is 0.463 e. The zero-order valence-electron chi connectivity index (χ0n) is 19.4. The van der Waals surface area contributed by atoms with E-state index in [-0.39, 0.29) is 35.8 Å². The second-order valence-corrected chi connectivity index (χ2v) is 8.68. The first kappa shape index (κ1) is 25.6. The molecule has 1 N–H and O–H groups in total. The lowest BCUT2D eigenvalue weighted by Gasteiger charge is -2.46. The molecule has 1 aliphatic rings. The fourth-order valence-corrected chi connectivity index (χ4v) is 3.95. The molecule has 0 aromatic heterocycles. The van der Waals surface area contributed by atoms with Crippen molar-refractivity contribution < 1.29 is 14.3 Å². The highest BCUT2D eigenvalue weighted by molar-refractivity contribution is 5.89. The van der Waals surface area contributed by atoms with E-state index in [1.54, 1.807) is 0 Å². The lowest BCUT2D eigenvalue weighted by molar-refractivity contribution is -0.139. The number of nitrogens with one attached hydrogen (secondary N) is 1. The summed E-state index contributed by atoms with van der Waals surface area (Å²) in [5, 5.41) is 3.73. The number of carbonyl (C=O) groups excluding carboxylic acids is 1. The third-order valence-electron chi connectivity index (χ3n) is 5.12. The van der Waals surface area contributed by atoms with Gasteiger partial charge < -0.3 is 14.8 Å². The summed E-state index contributed by atoms with van der Waals surface area (Å²) >= 11 is 0. The summed E-state index contributed by atoms with van der Waals surface area (Å²) in [4.78, 5) is 14.9. The van der Waals surface area contributed by atoms with Crippen molar-refractivity contribution in [2.45, 2.75) is 90.6 Å². The molecule has 0 radical (unpaired) electrons. The van der Waals surface area contributed by atoms with E-state index in [9.17, 15) is 4.79 Å². The minimum Gasteiger partial charge on any atom is -0.463 e. The highest BCUT2D eigenvalue weighted by Crippen LogP contribution is 2.29. The van der Waals surface area contributed by atoms with Gasteiger partial charge in [-0.1, -0.05) is 26.0 Å². The Balaban J connectivity index is 3.40. The molecule has 0 unspecified atom stereocenters. The van der Waals surface area contributed by atoms with Gasteiger partial charge in [0.15, 0.2) is 0 Å². The van der Waals surface area contributed by atoms with Crippen LogP contribution >= 0.6 is 0 Å². The van der Waals surface area contributed by atoms with Crippen LogP contribution in [-0.4, -0.2) is 60.4 Å². The maximum atomic E-state index is 12.6. The highest BCUT2D eigenvalue weighted by atomic mass is 16.5. The van der Waals surface area contributed by atoms with Gasteiger partial charge in [0.2, 0.25) is 0 Å². The fraction of sp³-hybridized carbons (Fsp3) is 0.708. The molecule has 29 heavy (non-hydrogen) atoms. The van der Waals surface area contributed by atoms with Gasteiger partial charge in [0, 0.05) is 30.2 Å². The van der Waals surface area contributed by atoms with Crippen LogP contribution in [0, 0.1) is 0 Å². The second kappa shape index (κ2) is 12.3. The molecule has 0 aromatic rings. The van der Waals surface area contributed by atoms with Gasteiger partial charge >= 0.3 is 5.97 Å². The zero-order chi connectivity index (χ0) is 22.0. The molecule has 5 nitrogen and oxygen atoms in total. The molecule has 0 spiro atoms. The third kappa shape index (κ3) is 8.07. The summed E-state index contributed by atoms with van der Waals surface area (Å²) in [6.07, 6.45) is 8.21. The van der Waals surface area contributed by atoms with Gasteiger partial charge in [-0.3, -0.25) is 4.90 Å². The number of hydrogen-bond acceptors (Lipinski definition) is 5. The average molecular weight is 407 g/mol. The van der Waals surface area contributed by atoms with Crippen LogP contribution in [0.3, 0.4) is 0 Å². The summed E-state index contributed by atoms with van der Waals surface area (Å²) in [5.74, 6) is -0.246. The van der Waals surface area contributed by atoms with Crippen LogP contribution < -0.4 is 5.32 Å². The van der Waals surface area contributed by atoms with E-state index in [4.69, 9.17) is 9.47 Å². The Kier molecular flexibility index (Phi) is 10.9. The van der Waals surface area contributed by atoms with Gasteiger partial charge in [-0.25, -0.2) is 4.79 Å². The Morgan fingerprint density at radius 2 is 1.83 bits per heavy atom. The first-order valence-corrected chi connectivity index (χ1v) is 11.0.